The molecule has 5 nitrogen and oxygen atoms in total. The molecule has 0 aromatic heterocycles. The van der Waals surface area contributed by atoms with Crippen molar-refractivity contribution in [3.8, 4) is 0 Å². The van der Waals surface area contributed by atoms with Crippen LogP contribution in [0.4, 0.5) is 0 Å². The molecule has 0 amide bonds. The lowest BCUT2D eigenvalue weighted by molar-refractivity contribution is 0.119. The van der Waals surface area contributed by atoms with Crippen LogP contribution in [0.25, 0.3) is 0 Å². The van der Waals surface area contributed by atoms with E-state index in [1.54, 1.807) is 0 Å². The molecule has 2 rings (SSSR count). The van der Waals surface area contributed by atoms with Crippen LogP contribution in [0.2, 0.25) is 10.0 Å². The van der Waals surface area contributed by atoms with E-state index in [-0.39, 0.29) is 6.04 Å². The van der Waals surface area contributed by atoms with Crippen molar-refractivity contribution in [3.63, 3.8) is 0 Å². The quantitative estimate of drug-likeness (QED) is 0.603. The SMILES string of the molecule is CCNC(=NCC1CN(C)CCN1C)NC(C)c1ccc(Cl)c(Cl)c1. The molecule has 1 fully saturated rings. The van der Waals surface area contributed by atoms with Gasteiger partial charge < -0.3 is 15.5 Å². The second-order valence-electron chi connectivity index (χ2n) is 6.66. The number of hydrogen-bond donors (Lipinski definition) is 2. The molecule has 2 N–H and O–H groups in total. The van der Waals surface area contributed by atoms with Gasteiger partial charge in [-0.1, -0.05) is 29.3 Å². The average molecular weight is 386 g/mol. The Bertz CT molecular complexity index is 593. The predicted octanol–water partition coefficient (Wildman–Crippen LogP) is 2.86. The van der Waals surface area contributed by atoms with E-state index >= 15 is 0 Å². The summed E-state index contributed by atoms with van der Waals surface area (Å²) in [6.45, 7) is 8.99. The summed E-state index contributed by atoms with van der Waals surface area (Å²) < 4.78 is 0. The zero-order valence-corrected chi connectivity index (χ0v) is 17.0. The Morgan fingerprint density at radius 3 is 2.72 bits per heavy atom. The van der Waals surface area contributed by atoms with Crippen molar-refractivity contribution in [2.24, 2.45) is 4.99 Å². The van der Waals surface area contributed by atoms with Crippen molar-refractivity contribution in [2.75, 3.05) is 46.8 Å². The number of rotatable bonds is 5. The summed E-state index contributed by atoms with van der Waals surface area (Å²) in [4.78, 5) is 9.54. The molecule has 0 bridgehead atoms. The predicted molar refractivity (Wildman–Crippen MR) is 108 cm³/mol. The normalized spacial score (nSPS) is 21.2. The van der Waals surface area contributed by atoms with Crippen LogP contribution in [-0.2, 0) is 0 Å². The number of piperazine rings is 1. The minimum absolute atomic E-state index is 0.0827. The Hall–Kier alpha value is -1.01. The van der Waals surface area contributed by atoms with Gasteiger partial charge >= 0.3 is 0 Å². The van der Waals surface area contributed by atoms with Gasteiger partial charge in [0.15, 0.2) is 5.96 Å². The third-order valence-electron chi connectivity index (χ3n) is 4.58. The Morgan fingerprint density at radius 2 is 2.04 bits per heavy atom. The number of hydrogen-bond acceptors (Lipinski definition) is 3. The van der Waals surface area contributed by atoms with Crippen LogP contribution in [0, 0.1) is 0 Å². The van der Waals surface area contributed by atoms with Gasteiger partial charge in [-0.25, -0.2) is 0 Å². The van der Waals surface area contributed by atoms with E-state index in [1.165, 1.54) is 0 Å². The maximum atomic E-state index is 6.13. The second-order valence-corrected chi connectivity index (χ2v) is 7.47. The zero-order valence-electron chi connectivity index (χ0n) is 15.5. The lowest BCUT2D eigenvalue weighted by Gasteiger charge is -2.37. The van der Waals surface area contributed by atoms with Gasteiger partial charge in [-0.05, 0) is 45.6 Å². The number of likely N-dealkylation sites (N-methyl/N-ethyl adjacent to an activating group) is 2. The van der Waals surface area contributed by atoms with Gasteiger partial charge in [-0.3, -0.25) is 9.89 Å². The van der Waals surface area contributed by atoms with E-state index in [4.69, 9.17) is 28.2 Å². The molecule has 0 aliphatic carbocycles. The van der Waals surface area contributed by atoms with Gasteiger partial charge in [-0.15, -0.1) is 0 Å². The van der Waals surface area contributed by atoms with E-state index in [9.17, 15) is 0 Å². The summed E-state index contributed by atoms with van der Waals surface area (Å²) in [6.07, 6.45) is 0. The fourth-order valence-electron chi connectivity index (χ4n) is 2.89. The molecule has 1 saturated heterocycles. The lowest BCUT2D eigenvalue weighted by atomic mass is 10.1. The molecule has 1 aromatic carbocycles. The number of nitrogens with one attached hydrogen (secondary N) is 2. The highest BCUT2D eigenvalue weighted by atomic mass is 35.5. The number of halogens is 2. The molecular formula is C18H29Cl2N5. The minimum Gasteiger partial charge on any atom is -0.357 e. The molecule has 25 heavy (non-hydrogen) atoms. The van der Waals surface area contributed by atoms with Crippen LogP contribution in [0.1, 0.15) is 25.5 Å². The molecule has 2 atom stereocenters. The van der Waals surface area contributed by atoms with Crippen molar-refractivity contribution in [3.05, 3.63) is 33.8 Å². The van der Waals surface area contributed by atoms with Crippen molar-refractivity contribution < 1.29 is 0 Å². The van der Waals surface area contributed by atoms with Crippen molar-refractivity contribution >= 4 is 29.2 Å². The summed E-state index contributed by atoms with van der Waals surface area (Å²) in [5, 5.41) is 7.92. The molecular weight excluding hydrogens is 357 g/mol. The Balaban J connectivity index is 2.02. The van der Waals surface area contributed by atoms with Crippen LogP contribution < -0.4 is 10.6 Å². The minimum atomic E-state index is 0.0827. The summed E-state index contributed by atoms with van der Waals surface area (Å²) in [6, 6.07) is 6.23. The highest BCUT2D eigenvalue weighted by molar-refractivity contribution is 6.42. The first-order valence-corrected chi connectivity index (χ1v) is 9.54. The van der Waals surface area contributed by atoms with E-state index in [2.05, 4.69) is 48.4 Å². The third kappa shape index (κ3) is 6.03. The van der Waals surface area contributed by atoms with Crippen molar-refractivity contribution in [2.45, 2.75) is 25.9 Å². The molecule has 0 radical (unpaired) electrons. The third-order valence-corrected chi connectivity index (χ3v) is 5.32. The second kappa shape index (κ2) is 9.62. The monoisotopic (exact) mass is 385 g/mol. The van der Waals surface area contributed by atoms with Crippen molar-refractivity contribution in [1.82, 2.24) is 20.4 Å². The number of benzene rings is 1. The smallest absolute Gasteiger partial charge is 0.191 e. The highest BCUT2D eigenvalue weighted by Gasteiger charge is 2.22. The summed E-state index contributed by atoms with van der Waals surface area (Å²) >= 11 is 12.1. The van der Waals surface area contributed by atoms with Crippen LogP contribution in [-0.4, -0.2) is 68.6 Å². The van der Waals surface area contributed by atoms with Gasteiger partial charge in [0.05, 0.1) is 22.6 Å². The van der Waals surface area contributed by atoms with E-state index in [1.807, 2.05) is 18.2 Å². The molecule has 1 aromatic rings. The fraction of sp³-hybridized carbons (Fsp3) is 0.611. The Kier molecular flexibility index (Phi) is 7.81. The number of aliphatic imine (C=N–C) groups is 1. The molecule has 7 heteroatoms. The first kappa shape index (κ1) is 20.3. The topological polar surface area (TPSA) is 42.9 Å². The van der Waals surface area contributed by atoms with E-state index in [0.29, 0.717) is 16.1 Å². The fourth-order valence-corrected chi connectivity index (χ4v) is 3.19. The molecule has 1 aliphatic rings. The van der Waals surface area contributed by atoms with Gasteiger partial charge in [0.25, 0.3) is 0 Å². The van der Waals surface area contributed by atoms with Crippen LogP contribution in [0.5, 0.6) is 0 Å². The Labute approximate surface area is 161 Å². The molecule has 2 unspecified atom stereocenters. The molecule has 0 spiro atoms. The van der Waals surface area contributed by atoms with Crippen LogP contribution in [0.15, 0.2) is 23.2 Å². The standard InChI is InChI=1S/C18H29Cl2N5/c1-5-21-18(22-11-15-12-24(3)8-9-25(15)4)23-13(2)14-6-7-16(19)17(20)10-14/h6-7,10,13,15H,5,8-9,11-12H2,1-4H3,(H2,21,22,23). The van der Waals surface area contributed by atoms with E-state index < -0.39 is 0 Å². The first-order chi connectivity index (χ1) is 11.9. The summed E-state index contributed by atoms with van der Waals surface area (Å²) in [5.74, 6) is 0.822. The number of guanidine groups is 1. The summed E-state index contributed by atoms with van der Waals surface area (Å²) in [7, 11) is 4.34. The van der Waals surface area contributed by atoms with Crippen molar-refractivity contribution in [1.29, 1.82) is 0 Å². The van der Waals surface area contributed by atoms with Gasteiger partial charge in [0, 0.05) is 32.2 Å². The van der Waals surface area contributed by atoms with Gasteiger partial charge in [0.2, 0.25) is 0 Å². The summed E-state index contributed by atoms with van der Waals surface area (Å²) in [5.41, 5.74) is 1.08. The Morgan fingerprint density at radius 1 is 1.28 bits per heavy atom. The molecule has 0 saturated carbocycles. The zero-order chi connectivity index (χ0) is 18.4. The van der Waals surface area contributed by atoms with Gasteiger partial charge in [-0.2, -0.15) is 0 Å². The first-order valence-electron chi connectivity index (χ1n) is 8.79. The lowest BCUT2D eigenvalue weighted by Crippen LogP contribution is -2.51. The average Bonchev–Trinajstić information content (AvgIpc) is 2.58. The van der Waals surface area contributed by atoms with Crippen LogP contribution in [0.3, 0.4) is 0 Å². The van der Waals surface area contributed by atoms with Gasteiger partial charge in [0.1, 0.15) is 0 Å². The maximum Gasteiger partial charge on any atom is 0.191 e. The largest absolute Gasteiger partial charge is 0.357 e. The maximum absolute atomic E-state index is 6.13. The molecule has 1 heterocycles. The highest BCUT2D eigenvalue weighted by Crippen LogP contribution is 2.25. The van der Waals surface area contributed by atoms with Crippen LogP contribution >= 0.6 is 23.2 Å². The molecule has 1 aliphatic heterocycles. The molecule has 140 valence electrons. The number of nitrogens with zero attached hydrogens (tertiary/aromatic N) is 3. The van der Waals surface area contributed by atoms with E-state index in [0.717, 1.165) is 44.2 Å².